The van der Waals surface area contributed by atoms with E-state index in [0.29, 0.717) is 15.3 Å². The number of ether oxygens (including phenoxy) is 3. The molecule has 17 heteroatoms. The van der Waals surface area contributed by atoms with Crippen LogP contribution in [0.4, 0.5) is 31.8 Å². The van der Waals surface area contributed by atoms with Crippen molar-refractivity contribution in [1.29, 1.82) is 0 Å². The van der Waals surface area contributed by atoms with Crippen molar-refractivity contribution in [2.24, 2.45) is 0 Å². The standard InChI is InChI=1S/C15H24BrN5O2.C14H19BrClN3O4/c1-14(2,3)23-13(22)20-15(4)5-7-21(8-6-15)10-9-18-11(16)12(17)19-10;1-13(2,3)22-11(20)19(12(21)23-14(4,5)6)10-9(15)17-7-8(16)18-10/h9H,5-8H2,1-4H3,(H2,17,19)(H,20,22);7H,1-6H3. The van der Waals surface area contributed by atoms with Crippen LogP contribution >= 0.6 is 43.5 Å². The van der Waals surface area contributed by atoms with Gasteiger partial charge >= 0.3 is 18.3 Å². The van der Waals surface area contributed by atoms with E-state index in [1.807, 2.05) is 27.7 Å². The van der Waals surface area contributed by atoms with Crippen molar-refractivity contribution in [2.45, 2.75) is 104 Å². The highest BCUT2D eigenvalue weighted by Gasteiger charge is 2.36. The Morgan fingerprint density at radius 3 is 1.80 bits per heavy atom. The summed E-state index contributed by atoms with van der Waals surface area (Å²) in [4.78, 5) is 56.0. The first kappa shape index (κ1) is 39.2. The monoisotopic (exact) mass is 792 g/mol. The molecule has 3 N–H and O–H groups in total. The Morgan fingerprint density at radius 1 is 0.870 bits per heavy atom. The Bertz CT molecular complexity index is 1380. The highest BCUT2D eigenvalue weighted by Crippen LogP contribution is 2.28. The van der Waals surface area contributed by atoms with Gasteiger partial charge in [0.05, 0.1) is 12.4 Å². The maximum absolute atomic E-state index is 12.4. The van der Waals surface area contributed by atoms with Crippen molar-refractivity contribution in [2.75, 3.05) is 28.6 Å². The number of piperidine rings is 1. The SMILES string of the molecule is CC(C)(C)OC(=O)N(C(=O)OC(C)(C)C)c1nc(Cl)cnc1Br.CC1(NC(=O)OC(C)(C)C)CCN(c2cnc(Br)c(N)n2)CC1. The van der Waals surface area contributed by atoms with Crippen LogP contribution in [0.15, 0.2) is 21.6 Å². The van der Waals surface area contributed by atoms with Gasteiger partial charge in [-0.05, 0) is 114 Å². The number of rotatable bonds is 3. The normalized spacial score (nSPS) is 14.8. The zero-order valence-electron chi connectivity index (χ0n) is 27.8. The van der Waals surface area contributed by atoms with Crippen LogP contribution in [0, 0.1) is 0 Å². The van der Waals surface area contributed by atoms with Gasteiger partial charge in [0.25, 0.3) is 0 Å². The second-order valence-electron chi connectivity index (χ2n) is 13.7. The fourth-order valence-electron chi connectivity index (χ4n) is 3.78. The summed E-state index contributed by atoms with van der Waals surface area (Å²) < 4.78 is 16.5. The van der Waals surface area contributed by atoms with Crippen molar-refractivity contribution < 1.29 is 28.6 Å². The summed E-state index contributed by atoms with van der Waals surface area (Å²) in [6.45, 7) is 19.2. The third-order valence-electron chi connectivity index (χ3n) is 5.78. The van der Waals surface area contributed by atoms with Crippen LogP contribution in [0.2, 0.25) is 5.15 Å². The molecule has 0 atom stereocenters. The number of nitrogens with zero attached hydrogens (tertiary/aromatic N) is 6. The summed E-state index contributed by atoms with van der Waals surface area (Å²) in [5.74, 6) is 1.02. The third kappa shape index (κ3) is 13.0. The molecule has 14 nitrogen and oxygen atoms in total. The van der Waals surface area contributed by atoms with Gasteiger partial charge < -0.3 is 30.2 Å². The predicted octanol–water partition coefficient (Wildman–Crippen LogP) is 7.27. The minimum Gasteiger partial charge on any atom is -0.444 e. The molecule has 0 radical (unpaired) electrons. The van der Waals surface area contributed by atoms with E-state index in [9.17, 15) is 14.4 Å². The van der Waals surface area contributed by atoms with Crippen molar-refractivity contribution in [3.8, 4) is 0 Å². The van der Waals surface area contributed by atoms with Gasteiger partial charge in [-0.1, -0.05) is 11.6 Å². The summed E-state index contributed by atoms with van der Waals surface area (Å²) in [5, 5.41) is 3.00. The van der Waals surface area contributed by atoms with Crippen LogP contribution in [0.5, 0.6) is 0 Å². The molecule has 3 heterocycles. The molecule has 2 aromatic rings. The molecule has 3 rings (SSSR count). The van der Waals surface area contributed by atoms with Gasteiger partial charge in [0, 0.05) is 18.6 Å². The lowest BCUT2D eigenvalue weighted by Gasteiger charge is -2.40. The van der Waals surface area contributed by atoms with E-state index >= 15 is 0 Å². The first-order valence-electron chi connectivity index (χ1n) is 14.4. The molecule has 2 aromatic heterocycles. The fourth-order valence-corrected chi connectivity index (χ4v) is 4.47. The van der Waals surface area contributed by atoms with E-state index in [1.54, 1.807) is 47.7 Å². The number of hydrogen-bond donors (Lipinski definition) is 2. The summed E-state index contributed by atoms with van der Waals surface area (Å²) in [5.41, 5.74) is 3.39. The van der Waals surface area contributed by atoms with E-state index in [-0.39, 0.29) is 27.2 Å². The van der Waals surface area contributed by atoms with Gasteiger partial charge in [-0.25, -0.2) is 34.3 Å². The molecule has 3 amide bonds. The Labute approximate surface area is 291 Å². The van der Waals surface area contributed by atoms with Gasteiger partial charge in [0.1, 0.15) is 37.0 Å². The van der Waals surface area contributed by atoms with E-state index in [4.69, 9.17) is 31.5 Å². The number of carbonyl (C=O) groups excluding carboxylic acids is 3. The molecular formula is C29H43Br2ClN8O6. The number of carbonyl (C=O) groups is 3. The summed E-state index contributed by atoms with van der Waals surface area (Å²) in [6, 6.07) is 0. The molecule has 0 aliphatic carbocycles. The molecule has 1 saturated heterocycles. The molecule has 0 bridgehead atoms. The quantitative estimate of drug-likeness (QED) is 0.298. The topological polar surface area (TPSA) is 175 Å². The van der Waals surface area contributed by atoms with Gasteiger partial charge in [-0.2, -0.15) is 4.90 Å². The number of nitrogen functional groups attached to an aromatic ring is 1. The van der Waals surface area contributed by atoms with Crippen LogP contribution < -0.4 is 20.9 Å². The Morgan fingerprint density at radius 2 is 1.35 bits per heavy atom. The van der Waals surface area contributed by atoms with Gasteiger partial charge in [0.2, 0.25) is 0 Å². The molecule has 0 saturated carbocycles. The van der Waals surface area contributed by atoms with Crippen LogP contribution in [0.25, 0.3) is 0 Å². The van der Waals surface area contributed by atoms with E-state index in [1.165, 1.54) is 6.20 Å². The number of imide groups is 1. The zero-order valence-corrected chi connectivity index (χ0v) is 31.8. The van der Waals surface area contributed by atoms with E-state index in [2.05, 4.69) is 62.0 Å². The Balaban J connectivity index is 0.000000320. The van der Waals surface area contributed by atoms with Crippen LogP contribution in [0.1, 0.15) is 82.1 Å². The second-order valence-corrected chi connectivity index (χ2v) is 15.6. The smallest absolute Gasteiger partial charge is 0.425 e. The maximum Gasteiger partial charge on any atom is 0.425 e. The number of hydrogen-bond acceptors (Lipinski definition) is 12. The lowest BCUT2D eigenvalue weighted by molar-refractivity contribution is 0.0418. The summed E-state index contributed by atoms with van der Waals surface area (Å²) in [6.07, 6.45) is 2.31. The average molecular weight is 795 g/mol. The lowest BCUT2D eigenvalue weighted by Crippen LogP contribution is -2.54. The molecular weight excluding hydrogens is 752 g/mol. The zero-order chi connectivity index (χ0) is 35.3. The number of alkyl carbamates (subject to hydrolysis) is 1. The van der Waals surface area contributed by atoms with Crippen molar-refractivity contribution in [3.05, 3.63) is 26.8 Å². The van der Waals surface area contributed by atoms with Crippen molar-refractivity contribution >= 4 is 79.2 Å². The highest BCUT2D eigenvalue weighted by molar-refractivity contribution is 9.10. The first-order chi connectivity index (χ1) is 20.9. The Kier molecular flexibility index (Phi) is 13.0. The number of amides is 3. The summed E-state index contributed by atoms with van der Waals surface area (Å²) in [7, 11) is 0. The number of nitrogens with one attached hydrogen (secondary N) is 1. The number of halogens is 3. The largest absolute Gasteiger partial charge is 0.444 e. The fraction of sp³-hybridized carbons (Fsp3) is 0.621. The van der Waals surface area contributed by atoms with E-state index in [0.717, 1.165) is 31.7 Å². The lowest BCUT2D eigenvalue weighted by atomic mass is 9.90. The van der Waals surface area contributed by atoms with Gasteiger partial charge in [-0.3, -0.25) is 0 Å². The first-order valence-corrected chi connectivity index (χ1v) is 16.3. The van der Waals surface area contributed by atoms with Gasteiger partial charge in [0.15, 0.2) is 11.6 Å². The minimum atomic E-state index is -0.941. The van der Waals surface area contributed by atoms with Crippen molar-refractivity contribution in [1.82, 2.24) is 25.3 Å². The van der Waals surface area contributed by atoms with Gasteiger partial charge in [-0.15, -0.1) is 0 Å². The third-order valence-corrected chi connectivity index (χ3v) is 7.13. The van der Waals surface area contributed by atoms with Crippen molar-refractivity contribution in [3.63, 3.8) is 0 Å². The van der Waals surface area contributed by atoms with E-state index < -0.39 is 29.0 Å². The van der Waals surface area contributed by atoms with Crippen LogP contribution in [-0.4, -0.2) is 73.6 Å². The number of nitrogens with two attached hydrogens (primary N) is 1. The molecule has 0 aromatic carbocycles. The molecule has 46 heavy (non-hydrogen) atoms. The molecule has 256 valence electrons. The predicted molar refractivity (Wildman–Crippen MR) is 183 cm³/mol. The van der Waals surface area contributed by atoms with Crippen LogP contribution in [-0.2, 0) is 14.2 Å². The Hall–Kier alpha value is -2.98. The minimum absolute atomic E-state index is 0.0142. The molecule has 0 spiro atoms. The van der Waals surface area contributed by atoms with Crippen LogP contribution in [0.3, 0.4) is 0 Å². The average Bonchev–Trinajstić information content (AvgIpc) is 2.85. The summed E-state index contributed by atoms with van der Waals surface area (Å²) >= 11 is 12.2. The maximum atomic E-state index is 12.4. The molecule has 1 aliphatic heterocycles. The number of aromatic nitrogens is 4. The molecule has 1 fully saturated rings. The highest BCUT2D eigenvalue weighted by atomic mass is 79.9. The molecule has 0 unspecified atom stereocenters. The number of anilines is 3. The molecule has 1 aliphatic rings. The second kappa shape index (κ2) is 15.3.